The molecule has 2 fully saturated rings. The van der Waals surface area contributed by atoms with Gasteiger partial charge in [-0.1, -0.05) is 20.8 Å². The lowest BCUT2D eigenvalue weighted by Crippen LogP contribution is -2.51. The molecular weight excluding hydrogens is 400 g/mol. The van der Waals surface area contributed by atoms with E-state index in [1.54, 1.807) is 6.08 Å². The Balaban J connectivity index is 2.05. The Hall–Kier alpha value is -0.766. The first kappa shape index (κ1) is 22.9. The van der Waals surface area contributed by atoms with E-state index in [-0.39, 0.29) is 40.8 Å². The van der Waals surface area contributed by atoms with Crippen LogP contribution in [0.15, 0.2) is 11.6 Å². The van der Waals surface area contributed by atoms with Crippen molar-refractivity contribution in [1.82, 2.24) is 0 Å². The summed E-state index contributed by atoms with van der Waals surface area (Å²) >= 11 is 0. The van der Waals surface area contributed by atoms with Crippen LogP contribution in [0.2, 0.25) is 37.8 Å². The lowest BCUT2D eigenvalue weighted by atomic mass is 9.82. The molecule has 1 saturated carbocycles. The van der Waals surface area contributed by atoms with Gasteiger partial charge in [-0.3, -0.25) is 9.59 Å². The summed E-state index contributed by atoms with van der Waals surface area (Å²) in [6.45, 7) is 19.9. The first-order chi connectivity index (χ1) is 13.0. The summed E-state index contributed by atoms with van der Waals surface area (Å²) in [6.07, 6.45) is 2.73. The van der Waals surface area contributed by atoms with E-state index in [4.69, 9.17) is 13.6 Å². The first-order valence-corrected chi connectivity index (χ1v) is 17.2. The van der Waals surface area contributed by atoms with Gasteiger partial charge in [0.1, 0.15) is 6.10 Å². The Labute approximate surface area is 177 Å². The lowest BCUT2D eigenvalue weighted by molar-refractivity contribution is -0.140. The molecule has 0 N–H and O–H groups in total. The van der Waals surface area contributed by atoms with Gasteiger partial charge in [-0.25, -0.2) is 0 Å². The number of ether oxygens (including phenoxy) is 1. The topological polar surface area (TPSA) is 61.8 Å². The molecule has 164 valence electrons. The zero-order chi connectivity index (χ0) is 22.0. The molecule has 1 aliphatic heterocycles. The average Bonchev–Trinajstić information content (AvgIpc) is 3.04. The van der Waals surface area contributed by atoms with Crippen LogP contribution in [0.5, 0.6) is 0 Å². The molecular formula is C22H38O5Si2. The molecule has 1 saturated heterocycles. The standard InChI is InChI=1S/C22H38O5Si2/c1-21(2,3)29(8,9)26-18-13-22(4,27-28(5,6)7)17-11-14(23)10-15(17)20-16(18)12-19(24)25-20/h10,16-18,20H,11-13H2,1-9H3/t16-,17-,18-,20-,22+/m1/s1. The molecule has 0 aromatic carbocycles. The third-order valence-corrected chi connectivity index (χ3v) is 12.7. The molecule has 5 nitrogen and oxygen atoms in total. The third kappa shape index (κ3) is 4.48. The van der Waals surface area contributed by atoms with Gasteiger partial charge in [0.2, 0.25) is 0 Å². The molecule has 3 rings (SSSR count). The van der Waals surface area contributed by atoms with E-state index in [9.17, 15) is 9.59 Å². The van der Waals surface area contributed by atoms with Crippen molar-refractivity contribution in [1.29, 1.82) is 0 Å². The van der Waals surface area contributed by atoms with Crippen LogP contribution in [0.1, 0.15) is 47.0 Å². The minimum Gasteiger partial charge on any atom is -0.457 e. The Morgan fingerprint density at radius 2 is 1.72 bits per heavy atom. The lowest BCUT2D eigenvalue weighted by Gasteiger charge is -2.45. The number of esters is 1. The van der Waals surface area contributed by atoms with Gasteiger partial charge in [0, 0.05) is 24.7 Å². The molecule has 5 atom stereocenters. The third-order valence-electron chi connectivity index (χ3n) is 7.13. The zero-order valence-corrected chi connectivity index (χ0v) is 21.5. The van der Waals surface area contributed by atoms with Crippen LogP contribution >= 0.6 is 0 Å². The highest BCUT2D eigenvalue weighted by Gasteiger charge is 2.57. The number of carbonyl (C=O) groups excluding carboxylic acids is 2. The van der Waals surface area contributed by atoms with Crippen LogP contribution in [-0.2, 0) is 23.2 Å². The summed E-state index contributed by atoms with van der Waals surface area (Å²) in [6, 6.07) is 0. The predicted octanol–water partition coefficient (Wildman–Crippen LogP) is 4.84. The Morgan fingerprint density at radius 3 is 2.28 bits per heavy atom. The van der Waals surface area contributed by atoms with Crippen LogP contribution in [0.25, 0.3) is 0 Å². The zero-order valence-electron chi connectivity index (χ0n) is 19.5. The SMILES string of the molecule is CC(C)(C)[Si](C)(C)O[C@@H]1C[C@](C)(O[Si](C)(C)C)[C@@H]2CC(=O)C=C2[C@H]2OC(=O)C[C@@H]21. The highest BCUT2D eigenvalue weighted by molar-refractivity contribution is 6.74. The maximum Gasteiger partial charge on any atom is 0.306 e. The minimum absolute atomic E-state index is 0.0480. The number of hydrogen-bond donors (Lipinski definition) is 0. The van der Waals surface area contributed by atoms with Crippen molar-refractivity contribution in [3.05, 3.63) is 11.6 Å². The Kier molecular flexibility index (Phi) is 5.64. The molecule has 2 aliphatic carbocycles. The van der Waals surface area contributed by atoms with Crippen molar-refractivity contribution in [2.75, 3.05) is 0 Å². The van der Waals surface area contributed by atoms with Gasteiger partial charge in [0.05, 0.1) is 18.1 Å². The predicted molar refractivity (Wildman–Crippen MR) is 119 cm³/mol. The van der Waals surface area contributed by atoms with Crippen molar-refractivity contribution in [3.8, 4) is 0 Å². The second-order valence-corrected chi connectivity index (χ2v) is 21.0. The van der Waals surface area contributed by atoms with Gasteiger partial charge in [-0.2, -0.15) is 0 Å². The second kappa shape index (κ2) is 7.14. The summed E-state index contributed by atoms with van der Waals surface area (Å²) in [5, 5.41) is 0.0689. The van der Waals surface area contributed by atoms with E-state index < -0.39 is 22.2 Å². The first-order valence-electron chi connectivity index (χ1n) is 10.8. The highest BCUT2D eigenvalue weighted by atomic mass is 28.4. The minimum atomic E-state index is -2.06. The number of fused-ring (bicyclic) bond motifs is 3. The van der Waals surface area contributed by atoms with Crippen molar-refractivity contribution in [3.63, 3.8) is 0 Å². The van der Waals surface area contributed by atoms with Gasteiger partial charge in [0.25, 0.3) is 0 Å². The number of carbonyl (C=O) groups is 2. The summed E-state index contributed by atoms with van der Waals surface area (Å²) in [5.41, 5.74) is 0.458. The van der Waals surface area contributed by atoms with E-state index in [1.807, 2.05) is 0 Å². The fraction of sp³-hybridized carbons (Fsp3) is 0.818. The molecule has 0 spiro atoms. The van der Waals surface area contributed by atoms with Crippen molar-refractivity contribution < 1.29 is 23.2 Å². The number of hydrogen-bond acceptors (Lipinski definition) is 5. The summed E-state index contributed by atoms with van der Waals surface area (Å²) in [7, 11) is -3.95. The summed E-state index contributed by atoms with van der Waals surface area (Å²) < 4.78 is 19.5. The maximum atomic E-state index is 12.4. The summed E-state index contributed by atoms with van der Waals surface area (Å²) in [4.78, 5) is 24.7. The van der Waals surface area contributed by atoms with Crippen LogP contribution in [0, 0.1) is 11.8 Å². The normalized spacial score (nSPS) is 35.7. The molecule has 1 heterocycles. The molecule has 0 bridgehead atoms. The molecule has 0 radical (unpaired) electrons. The summed E-state index contributed by atoms with van der Waals surface area (Å²) in [5.74, 6) is -0.171. The number of allylic oxidation sites excluding steroid dienone is 1. The van der Waals surface area contributed by atoms with Gasteiger partial charge in [-0.15, -0.1) is 0 Å². The van der Waals surface area contributed by atoms with E-state index in [2.05, 4.69) is 60.4 Å². The van der Waals surface area contributed by atoms with Crippen LogP contribution < -0.4 is 0 Å². The maximum absolute atomic E-state index is 12.4. The van der Waals surface area contributed by atoms with Crippen LogP contribution in [0.4, 0.5) is 0 Å². The average molecular weight is 439 g/mol. The van der Waals surface area contributed by atoms with Gasteiger partial charge in [0.15, 0.2) is 22.4 Å². The van der Waals surface area contributed by atoms with Gasteiger partial charge in [-0.05, 0) is 56.3 Å². The monoisotopic (exact) mass is 438 g/mol. The van der Waals surface area contributed by atoms with Crippen molar-refractivity contribution in [2.45, 2.75) is 103 Å². The highest BCUT2D eigenvalue weighted by Crippen LogP contribution is 2.52. The fourth-order valence-corrected chi connectivity index (χ4v) is 7.91. The van der Waals surface area contributed by atoms with Gasteiger partial charge >= 0.3 is 5.97 Å². The number of ketones is 1. The Bertz CT molecular complexity index is 730. The van der Waals surface area contributed by atoms with E-state index in [1.165, 1.54) is 0 Å². The van der Waals surface area contributed by atoms with Crippen LogP contribution in [0.3, 0.4) is 0 Å². The van der Waals surface area contributed by atoms with Crippen molar-refractivity contribution in [2.24, 2.45) is 11.8 Å². The fourth-order valence-electron chi connectivity index (χ4n) is 4.92. The van der Waals surface area contributed by atoms with Crippen LogP contribution in [-0.4, -0.2) is 46.2 Å². The van der Waals surface area contributed by atoms with E-state index in [0.717, 1.165) is 5.57 Å². The largest absolute Gasteiger partial charge is 0.457 e. The smallest absolute Gasteiger partial charge is 0.306 e. The molecule has 0 aromatic rings. The Morgan fingerprint density at radius 1 is 1.10 bits per heavy atom. The number of rotatable bonds is 4. The quantitative estimate of drug-likeness (QED) is 0.464. The second-order valence-electron chi connectivity index (χ2n) is 11.8. The molecule has 0 unspecified atom stereocenters. The van der Waals surface area contributed by atoms with E-state index >= 15 is 0 Å². The van der Waals surface area contributed by atoms with Crippen molar-refractivity contribution >= 4 is 28.4 Å². The molecule has 3 aliphatic rings. The molecule has 29 heavy (non-hydrogen) atoms. The molecule has 0 aromatic heterocycles. The van der Waals surface area contributed by atoms with Gasteiger partial charge < -0.3 is 13.6 Å². The van der Waals surface area contributed by atoms with E-state index in [0.29, 0.717) is 19.3 Å². The molecule has 7 heteroatoms. The molecule has 0 amide bonds.